The van der Waals surface area contributed by atoms with Crippen LogP contribution in [0.25, 0.3) is 0 Å². The maximum Gasteiger partial charge on any atom is 0.472 e. The number of phosphoric acid groups is 1. The summed E-state index contributed by atoms with van der Waals surface area (Å²) >= 11 is 0. The van der Waals surface area contributed by atoms with E-state index in [1.165, 1.54) is 161 Å². The second-order valence-corrected chi connectivity index (χ2v) is 19.3. The summed E-state index contributed by atoms with van der Waals surface area (Å²) in [5.41, 5.74) is 0. The number of nitrogens with zero attached hydrogens (tertiary/aromatic N) is 1. The highest BCUT2D eigenvalue weighted by Crippen LogP contribution is 2.43. The number of hydrogen-bond acceptors (Lipinski definition) is 5. The molecule has 0 aliphatic heterocycles. The normalized spacial score (nSPS) is 14.3. The van der Waals surface area contributed by atoms with Crippen LogP contribution in [0.5, 0.6) is 0 Å². The Bertz CT molecular complexity index is 927. The van der Waals surface area contributed by atoms with Crippen molar-refractivity contribution in [3.63, 3.8) is 0 Å². The van der Waals surface area contributed by atoms with Crippen molar-refractivity contribution in [1.82, 2.24) is 5.32 Å². The summed E-state index contributed by atoms with van der Waals surface area (Å²) in [6.45, 7) is 4.89. The topological polar surface area (TPSA) is 105 Å². The Kier molecular flexibility index (Phi) is 39.1. The van der Waals surface area contributed by atoms with Crippen LogP contribution in [0.2, 0.25) is 0 Å². The van der Waals surface area contributed by atoms with Gasteiger partial charge in [-0.25, -0.2) is 4.57 Å². The number of allylic oxidation sites excluding steroid dienone is 2. The molecule has 0 aliphatic rings. The Labute approximate surface area is 348 Å². The lowest BCUT2D eigenvalue weighted by Gasteiger charge is -2.26. The quantitative estimate of drug-likeness (QED) is 0.0245. The Morgan fingerprint density at radius 1 is 0.589 bits per heavy atom. The number of quaternary nitrogens is 1. The number of phosphoric ester groups is 1. The molecule has 334 valence electrons. The van der Waals surface area contributed by atoms with Crippen molar-refractivity contribution in [2.24, 2.45) is 0 Å². The summed E-state index contributed by atoms with van der Waals surface area (Å²) in [5, 5.41) is 14.0. The standard InChI is InChI=1S/C47H95N2O6P/c1-6-8-10-12-14-16-18-20-22-23-24-25-27-29-31-33-35-37-39-41-47(51)48-45(44-55-56(52,53)54-43-42-49(3,4)5)46(50)40-38-36-34-32-30-28-26-21-19-17-15-13-11-9-7-2/h30,32,45-46,50H,6-29,31,33-44H2,1-5H3,(H-,48,51,52,53)/p+1/b32-30+/t45-,46+/m0/s1. The van der Waals surface area contributed by atoms with Crippen LogP contribution in [0.1, 0.15) is 232 Å². The van der Waals surface area contributed by atoms with E-state index in [2.05, 4.69) is 31.3 Å². The van der Waals surface area contributed by atoms with Crippen molar-refractivity contribution in [2.45, 2.75) is 244 Å². The van der Waals surface area contributed by atoms with Crippen LogP contribution in [0.15, 0.2) is 12.2 Å². The number of nitrogens with one attached hydrogen (secondary N) is 1. The zero-order chi connectivity index (χ0) is 41.4. The Balaban J connectivity index is 4.30. The number of rotatable bonds is 44. The monoisotopic (exact) mass is 816 g/mol. The van der Waals surface area contributed by atoms with Gasteiger partial charge in [-0.2, -0.15) is 0 Å². The van der Waals surface area contributed by atoms with Gasteiger partial charge >= 0.3 is 7.82 Å². The second-order valence-electron chi connectivity index (χ2n) is 17.8. The van der Waals surface area contributed by atoms with Gasteiger partial charge in [-0.1, -0.05) is 199 Å². The molecule has 0 aromatic carbocycles. The molecule has 56 heavy (non-hydrogen) atoms. The average Bonchev–Trinajstić information content (AvgIpc) is 3.15. The van der Waals surface area contributed by atoms with Crippen molar-refractivity contribution >= 4 is 13.7 Å². The number of amides is 1. The van der Waals surface area contributed by atoms with Crippen LogP contribution in [0.3, 0.4) is 0 Å². The molecule has 8 nitrogen and oxygen atoms in total. The summed E-state index contributed by atoms with van der Waals surface area (Å²) in [6.07, 6.45) is 45.3. The molecule has 1 amide bonds. The van der Waals surface area contributed by atoms with Gasteiger partial charge in [0, 0.05) is 6.42 Å². The number of carbonyl (C=O) groups is 1. The van der Waals surface area contributed by atoms with E-state index in [9.17, 15) is 19.4 Å². The van der Waals surface area contributed by atoms with E-state index in [1.807, 2.05) is 21.1 Å². The van der Waals surface area contributed by atoms with E-state index in [-0.39, 0.29) is 19.1 Å². The predicted molar refractivity (Wildman–Crippen MR) is 240 cm³/mol. The molecule has 0 saturated heterocycles. The van der Waals surface area contributed by atoms with Crippen LogP contribution in [-0.4, -0.2) is 73.4 Å². The number of aliphatic hydroxyl groups excluding tert-OH is 1. The molecule has 0 aromatic heterocycles. The molecule has 0 bridgehead atoms. The fourth-order valence-electron chi connectivity index (χ4n) is 7.16. The summed E-state index contributed by atoms with van der Waals surface area (Å²) in [5.74, 6) is -0.150. The van der Waals surface area contributed by atoms with Crippen molar-refractivity contribution in [3.8, 4) is 0 Å². The lowest BCUT2D eigenvalue weighted by atomic mass is 10.0. The molecule has 1 unspecified atom stereocenters. The largest absolute Gasteiger partial charge is 0.472 e. The summed E-state index contributed by atoms with van der Waals surface area (Å²) < 4.78 is 23.6. The molecular formula is C47H96N2O6P+. The van der Waals surface area contributed by atoms with Gasteiger partial charge < -0.3 is 19.8 Å². The van der Waals surface area contributed by atoms with Crippen LogP contribution in [0, 0.1) is 0 Å². The molecule has 9 heteroatoms. The van der Waals surface area contributed by atoms with Crippen LogP contribution in [0.4, 0.5) is 0 Å². The average molecular weight is 816 g/mol. The van der Waals surface area contributed by atoms with E-state index in [0.717, 1.165) is 44.9 Å². The van der Waals surface area contributed by atoms with Gasteiger partial charge in [0.1, 0.15) is 13.2 Å². The minimum absolute atomic E-state index is 0.0723. The summed E-state index contributed by atoms with van der Waals surface area (Å²) in [4.78, 5) is 23.2. The molecule has 0 aromatic rings. The minimum Gasteiger partial charge on any atom is -0.391 e. The first-order valence-corrected chi connectivity index (χ1v) is 25.5. The lowest BCUT2D eigenvalue weighted by Crippen LogP contribution is -2.46. The van der Waals surface area contributed by atoms with Crippen molar-refractivity contribution in [2.75, 3.05) is 40.9 Å². The van der Waals surface area contributed by atoms with Gasteiger partial charge in [-0.05, 0) is 38.5 Å². The third-order valence-electron chi connectivity index (χ3n) is 11.0. The van der Waals surface area contributed by atoms with E-state index >= 15 is 0 Å². The zero-order valence-electron chi connectivity index (χ0n) is 37.9. The highest BCUT2D eigenvalue weighted by atomic mass is 31.2. The van der Waals surface area contributed by atoms with Crippen molar-refractivity contribution < 1.29 is 32.9 Å². The molecule has 0 heterocycles. The van der Waals surface area contributed by atoms with E-state index in [1.54, 1.807) is 0 Å². The summed E-state index contributed by atoms with van der Waals surface area (Å²) in [6, 6.07) is -0.771. The SMILES string of the molecule is CCCCCCCCCCC/C=C/CCCC[C@@H](O)[C@H](COP(=O)(O)OCC[N+](C)(C)C)NC(=O)CCCCCCCCCCCCCCCCCCCCC. The fourth-order valence-corrected chi connectivity index (χ4v) is 7.89. The number of aliphatic hydroxyl groups is 1. The van der Waals surface area contributed by atoms with E-state index < -0.39 is 20.0 Å². The maximum absolute atomic E-state index is 12.9. The first-order chi connectivity index (χ1) is 27.0. The van der Waals surface area contributed by atoms with Crippen molar-refractivity contribution in [1.29, 1.82) is 0 Å². The van der Waals surface area contributed by atoms with Crippen LogP contribution < -0.4 is 5.32 Å². The lowest BCUT2D eigenvalue weighted by molar-refractivity contribution is -0.870. The molecule has 3 N–H and O–H groups in total. The number of hydrogen-bond donors (Lipinski definition) is 3. The van der Waals surface area contributed by atoms with E-state index in [0.29, 0.717) is 23.9 Å². The Hall–Kier alpha value is -0.760. The highest BCUT2D eigenvalue weighted by molar-refractivity contribution is 7.47. The van der Waals surface area contributed by atoms with Gasteiger partial charge in [0.15, 0.2) is 0 Å². The van der Waals surface area contributed by atoms with Gasteiger partial charge in [0.2, 0.25) is 5.91 Å². The first kappa shape index (κ1) is 55.2. The highest BCUT2D eigenvalue weighted by Gasteiger charge is 2.28. The number of likely N-dealkylation sites (N-methyl/N-ethyl adjacent to an activating group) is 1. The van der Waals surface area contributed by atoms with Crippen molar-refractivity contribution in [3.05, 3.63) is 12.2 Å². The molecule has 0 saturated carbocycles. The molecule has 0 aliphatic carbocycles. The zero-order valence-corrected chi connectivity index (χ0v) is 38.8. The molecule has 3 atom stereocenters. The number of carbonyl (C=O) groups excluding carboxylic acids is 1. The van der Waals surface area contributed by atoms with Crippen LogP contribution >= 0.6 is 7.82 Å². The third-order valence-corrected chi connectivity index (χ3v) is 12.0. The smallest absolute Gasteiger partial charge is 0.391 e. The fraction of sp³-hybridized carbons (Fsp3) is 0.936. The van der Waals surface area contributed by atoms with Gasteiger partial charge in [-0.15, -0.1) is 0 Å². The van der Waals surface area contributed by atoms with E-state index in [4.69, 9.17) is 9.05 Å². The predicted octanol–water partition coefficient (Wildman–Crippen LogP) is 13.5. The number of unbranched alkanes of at least 4 members (excludes halogenated alkanes) is 29. The second kappa shape index (κ2) is 39.7. The molecule has 0 rings (SSSR count). The van der Waals surface area contributed by atoms with Gasteiger partial charge in [0.25, 0.3) is 0 Å². The molecular weight excluding hydrogens is 719 g/mol. The van der Waals surface area contributed by atoms with Gasteiger partial charge in [0.05, 0.1) is 39.9 Å². The first-order valence-electron chi connectivity index (χ1n) is 24.1. The molecule has 0 spiro atoms. The maximum atomic E-state index is 12.9. The third kappa shape index (κ3) is 41.4. The Morgan fingerprint density at radius 3 is 1.38 bits per heavy atom. The molecule has 0 radical (unpaired) electrons. The Morgan fingerprint density at radius 2 is 0.964 bits per heavy atom. The summed E-state index contributed by atoms with van der Waals surface area (Å²) in [7, 11) is 1.61. The molecule has 0 fully saturated rings. The minimum atomic E-state index is -4.32. The van der Waals surface area contributed by atoms with Crippen LogP contribution in [-0.2, 0) is 18.4 Å². The van der Waals surface area contributed by atoms with Gasteiger partial charge in [-0.3, -0.25) is 13.8 Å².